The summed E-state index contributed by atoms with van der Waals surface area (Å²) in [5, 5.41) is 0. The fourth-order valence-electron chi connectivity index (χ4n) is 0.699. The van der Waals surface area contributed by atoms with Crippen LogP contribution in [0.1, 0.15) is 6.92 Å². The zero-order valence-electron chi connectivity index (χ0n) is 5.63. The Morgan fingerprint density at radius 3 is 2.78 bits per heavy atom. The second-order valence-corrected chi connectivity index (χ2v) is 2.07. The lowest BCUT2D eigenvalue weighted by Crippen LogP contribution is -2.28. The van der Waals surface area contributed by atoms with Gasteiger partial charge in [0.15, 0.2) is 0 Å². The van der Waals surface area contributed by atoms with E-state index in [-0.39, 0.29) is 0 Å². The van der Waals surface area contributed by atoms with Crippen LogP contribution in [0.15, 0.2) is 17.4 Å². The maximum absolute atomic E-state index is 3.92. The maximum atomic E-state index is 3.92. The van der Waals surface area contributed by atoms with Gasteiger partial charge in [0.2, 0.25) is 6.34 Å². The van der Waals surface area contributed by atoms with E-state index in [4.69, 9.17) is 0 Å². The largest absolute Gasteiger partial charge is 0.207 e. The minimum atomic E-state index is 0.510. The van der Waals surface area contributed by atoms with Crippen molar-refractivity contribution < 1.29 is 4.48 Å². The number of aliphatic imine (C=N–C) groups is 1. The van der Waals surface area contributed by atoms with Crippen molar-refractivity contribution in [2.45, 2.75) is 6.92 Å². The molecule has 1 heterocycles. The number of rotatable bonds is 0. The Kier molecular flexibility index (Phi) is 1.37. The minimum Gasteiger partial charge on any atom is -0.205 e. The van der Waals surface area contributed by atoms with Crippen molar-refractivity contribution >= 4 is 6.34 Å². The van der Waals surface area contributed by atoms with Crippen LogP contribution in [0.2, 0.25) is 0 Å². The van der Waals surface area contributed by atoms with Gasteiger partial charge >= 0.3 is 0 Å². The average molecular weight is 121 g/mol. The van der Waals surface area contributed by atoms with Crippen LogP contribution in [-0.2, 0) is 0 Å². The third kappa shape index (κ3) is 1.18. The Labute approximate surface area is 55.1 Å². The molecule has 46 valence electrons. The van der Waals surface area contributed by atoms with E-state index in [9.17, 15) is 0 Å². The van der Waals surface area contributed by atoms with Crippen LogP contribution in [0, 0.1) is 12.0 Å². The quantitative estimate of drug-likeness (QED) is 0.334. The first-order chi connectivity index (χ1) is 4.27. The molecule has 1 atom stereocenters. The van der Waals surface area contributed by atoms with Crippen molar-refractivity contribution in [3.05, 3.63) is 12.4 Å². The molecule has 9 heavy (non-hydrogen) atoms. The van der Waals surface area contributed by atoms with E-state index in [0.29, 0.717) is 4.48 Å². The van der Waals surface area contributed by atoms with Crippen LogP contribution in [-0.4, -0.2) is 17.9 Å². The monoisotopic (exact) mass is 121 g/mol. The third-order valence-corrected chi connectivity index (χ3v) is 1.12. The van der Waals surface area contributed by atoms with E-state index in [1.165, 1.54) is 0 Å². The SMILES string of the molecule is CC#C[N+]1(C)C=CN=C1. The Hall–Kier alpha value is -1.07. The van der Waals surface area contributed by atoms with Crippen molar-refractivity contribution in [2.24, 2.45) is 4.99 Å². The summed E-state index contributed by atoms with van der Waals surface area (Å²) in [6.07, 6.45) is 5.47. The van der Waals surface area contributed by atoms with Crippen LogP contribution in [0.3, 0.4) is 0 Å². The molecule has 0 aromatic heterocycles. The van der Waals surface area contributed by atoms with Gasteiger partial charge in [0, 0.05) is 6.92 Å². The first-order valence-corrected chi connectivity index (χ1v) is 2.79. The lowest BCUT2D eigenvalue weighted by molar-refractivity contribution is -0.677. The molecule has 0 N–H and O–H groups in total. The topological polar surface area (TPSA) is 12.4 Å². The van der Waals surface area contributed by atoms with Crippen LogP contribution < -0.4 is 0 Å². The number of hydrogen-bond donors (Lipinski definition) is 0. The van der Waals surface area contributed by atoms with Gasteiger partial charge in [0.1, 0.15) is 12.2 Å². The fourth-order valence-corrected chi connectivity index (χ4v) is 0.699. The molecule has 0 aromatic rings. The van der Waals surface area contributed by atoms with Gasteiger partial charge < -0.3 is 0 Å². The highest BCUT2D eigenvalue weighted by atomic mass is 15.3. The fraction of sp³-hybridized carbons (Fsp3) is 0.286. The van der Waals surface area contributed by atoms with Crippen molar-refractivity contribution in [3.8, 4) is 12.0 Å². The molecule has 1 aliphatic heterocycles. The van der Waals surface area contributed by atoms with Crippen LogP contribution in [0.25, 0.3) is 0 Å². The lowest BCUT2D eigenvalue weighted by Gasteiger charge is -2.09. The Balaban J connectivity index is 2.84. The molecule has 0 aromatic carbocycles. The average Bonchev–Trinajstić information content (AvgIpc) is 2.16. The summed E-state index contributed by atoms with van der Waals surface area (Å²) < 4.78 is 0.510. The van der Waals surface area contributed by atoms with Crippen molar-refractivity contribution in [3.63, 3.8) is 0 Å². The zero-order valence-corrected chi connectivity index (χ0v) is 5.63. The summed E-state index contributed by atoms with van der Waals surface area (Å²) in [6, 6.07) is 2.97. The Morgan fingerprint density at radius 1 is 1.56 bits per heavy atom. The first-order valence-electron chi connectivity index (χ1n) is 2.79. The van der Waals surface area contributed by atoms with Gasteiger partial charge in [-0.15, -0.1) is 0 Å². The van der Waals surface area contributed by atoms with E-state index in [2.05, 4.69) is 17.0 Å². The van der Waals surface area contributed by atoms with Gasteiger partial charge in [-0.2, -0.15) is 4.48 Å². The molecule has 0 aliphatic carbocycles. The second kappa shape index (κ2) is 2.04. The molecule has 0 fully saturated rings. The second-order valence-electron chi connectivity index (χ2n) is 2.07. The van der Waals surface area contributed by atoms with Crippen molar-refractivity contribution in [1.29, 1.82) is 0 Å². The highest BCUT2D eigenvalue weighted by Gasteiger charge is 2.15. The molecule has 1 aliphatic rings. The molecule has 0 amide bonds. The predicted molar refractivity (Wildman–Crippen MR) is 37.3 cm³/mol. The van der Waals surface area contributed by atoms with Gasteiger partial charge in [0.25, 0.3) is 0 Å². The van der Waals surface area contributed by atoms with Crippen molar-refractivity contribution in [1.82, 2.24) is 0 Å². The van der Waals surface area contributed by atoms with Gasteiger partial charge in [-0.05, 0) is 5.92 Å². The number of quaternary nitrogens is 1. The summed E-state index contributed by atoms with van der Waals surface area (Å²) in [6.45, 7) is 1.82. The molecule has 0 saturated heterocycles. The smallest absolute Gasteiger partial charge is 0.205 e. The molecule has 0 radical (unpaired) electrons. The van der Waals surface area contributed by atoms with Crippen LogP contribution >= 0.6 is 0 Å². The third-order valence-electron chi connectivity index (χ3n) is 1.12. The van der Waals surface area contributed by atoms with Gasteiger partial charge in [-0.25, -0.2) is 4.99 Å². The zero-order chi connectivity index (χ0) is 6.74. The van der Waals surface area contributed by atoms with Gasteiger partial charge in [0.05, 0.1) is 13.2 Å². The van der Waals surface area contributed by atoms with E-state index >= 15 is 0 Å². The van der Waals surface area contributed by atoms with E-state index in [0.717, 1.165) is 0 Å². The first kappa shape index (κ1) is 6.06. The summed E-state index contributed by atoms with van der Waals surface area (Å²) in [4.78, 5) is 3.92. The summed E-state index contributed by atoms with van der Waals surface area (Å²) in [7, 11) is 1.98. The summed E-state index contributed by atoms with van der Waals surface area (Å²) in [5.41, 5.74) is 0. The highest BCUT2D eigenvalue weighted by molar-refractivity contribution is 5.52. The summed E-state index contributed by atoms with van der Waals surface area (Å²) >= 11 is 0. The molecule has 0 saturated carbocycles. The maximum Gasteiger partial charge on any atom is 0.207 e. The lowest BCUT2D eigenvalue weighted by atomic mass is 10.6. The van der Waals surface area contributed by atoms with Gasteiger partial charge in [-0.3, -0.25) is 0 Å². The Morgan fingerprint density at radius 2 is 2.33 bits per heavy atom. The van der Waals surface area contributed by atoms with E-state index in [1.54, 1.807) is 12.5 Å². The predicted octanol–water partition coefficient (Wildman–Crippen LogP) is 0.927. The molecular formula is C7H9N2+. The summed E-state index contributed by atoms with van der Waals surface area (Å²) in [5.74, 6) is 2.83. The highest BCUT2D eigenvalue weighted by Crippen LogP contribution is 2.03. The van der Waals surface area contributed by atoms with E-state index in [1.807, 2.05) is 20.2 Å². The normalized spacial score (nSPS) is 30.0. The molecule has 2 nitrogen and oxygen atoms in total. The van der Waals surface area contributed by atoms with Crippen LogP contribution in [0.4, 0.5) is 0 Å². The molecule has 1 rings (SSSR count). The number of nitrogens with zero attached hydrogens (tertiary/aromatic N) is 2. The standard InChI is InChI=1S/C7H9N2/c1-3-5-9(2)6-4-8-7-9/h4,6-7H,1-2H3/q+1. The molecule has 1 unspecified atom stereocenters. The molecular weight excluding hydrogens is 112 g/mol. The minimum absolute atomic E-state index is 0.510. The van der Waals surface area contributed by atoms with Crippen molar-refractivity contribution in [2.75, 3.05) is 7.05 Å². The Bertz CT molecular complexity index is 203. The van der Waals surface area contributed by atoms with E-state index < -0.39 is 0 Å². The number of hydrogen-bond acceptors (Lipinski definition) is 1. The molecule has 0 spiro atoms. The van der Waals surface area contributed by atoms with Crippen LogP contribution in [0.5, 0.6) is 0 Å². The molecule has 2 heteroatoms. The molecule has 0 bridgehead atoms. The van der Waals surface area contributed by atoms with Gasteiger partial charge in [-0.1, -0.05) is 0 Å².